The van der Waals surface area contributed by atoms with E-state index in [-0.39, 0.29) is 5.41 Å². The van der Waals surface area contributed by atoms with Gasteiger partial charge in [0.15, 0.2) is 0 Å². The molecule has 4 unspecified atom stereocenters. The van der Waals surface area contributed by atoms with Gasteiger partial charge in [0.05, 0.1) is 0 Å². The molecule has 4 atom stereocenters. The molecule has 2 aromatic rings. The average Bonchev–Trinajstić information content (AvgIpc) is 2.91. The largest absolute Gasteiger partial charge is 0.0837 e. The molecule has 3 aliphatic rings. The number of benzene rings is 2. The lowest BCUT2D eigenvalue weighted by Gasteiger charge is -2.54. The van der Waals surface area contributed by atoms with E-state index in [1.807, 2.05) is 0 Å². The molecule has 0 N–H and O–H groups in total. The number of hydrogen-bond donors (Lipinski definition) is 0. The maximum Gasteiger partial charge on any atom is 0.0487 e. The van der Waals surface area contributed by atoms with E-state index in [0.717, 1.165) is 22.8 Å². The van der Waals surface area contributed by atoms with Gasteiger partial charge in [0.1, 0.15) is 0 Å². The van der Waals surface area contributed by atoms with Gasteiger partial charge in [0.2, 0.25) is 0 Å². The van der Waals surface area contributed by atoms with Crippen molar-refractivity contribution in [1.29, 1.82) is 0 Å². The zero-order valence-corrected chi connectivity index (χ0v) is 15.2. The summed E-state index contributed by atoms with van der Waals surface area (Å²) in [6.07, 6.45) is 8.32. The van der Waals surface area contributed by atoms with Crippen LogP contribution in [0.1, 0.15) is 56.6 Å². The zero-order valence-electron chi connectivity index (χ0n) is 14.4. The Bertz CT molecular complexity index is 788. The number of rotatable bonds is 1. The van der Waals surface area contributed by atoms with Crippen LogP contribution in [0, 0.1) is 17.8 Å². The molecular formula is C23H25Cl. The minimum absolute atomic E-state index is 0.211. The van der Waals surface area contributed by atoms with Gasteiger partial charge in [-0.3, -0.25) is 0 Å². The molecule has 1 spiro atoms. The lowest BCUT2D eigenvalue weighted by molar-refractivity contribution is 0.0557. The summed E-state index contributed by atoms with van der Waals surface area (Å²) >= 11 is 6.72. The molecule has 124 valence electrons. The Morgan fingerprint density at radius 2 is 1.83 bits per heavy atom. The molecule has 2 bridgehead atoms. The Morgan fingerprint density at radius 1 is 1.00 bits per heavy atom. The van der Waals surface area contributed by atoms with E-state index in [0.29, 0.717) is 0 Å². The fraction of sp³-hybridized carbons (Fsp3) is 0.478. The van der Waals surface area contributed by atoms with Gasteiger partial charge in [-0.05, 0) is 59.8 Å². The average molecular weight is 337 g/mol. The van der Waals surface area contributed by atoms with E-state index >= 15 is 0 Å². The molecule has 0 saturated heterocycles. The Balaban J connectivity index is 1.85. The Kier molecular flexibility index (Phi) is 3.36. The maximum atomic E-state index is 6.72. The van der Waals surface area contributed by atoms with Crippen molar-refractivity contribution < 1.29 is 0 Å². The van der Waals surface area contributed by atoms with Crippen molar-refractivity contribution in [2.45, 2.75) is 50.9 Å². The van der Waals surface area contributed by atoms with Gasteiger partial charge in [0.25, 0.3) is 0 Å². The first-order valence-corrected chi connectivity index (χ1v) is 10.0. The van der Waals surface area contributed by atoms with Crippen LogP contribution >= 0.6 is 11.6 Å². The third kappa shape index (κ3) is 1.76. The summed E-state index contributed by atoms with van der Waals surface area (Å²) in [6.45, 7) is 2.40. The van der Waals surface area contributed by atoms with Crippen molar-refractivity contribution in [3.8, 4) is 11.1 Å². The van der Waals surface area contributed by atoms with Gasteiger partial charge in [-0.1, -0.05) is 74.2 Å². The van der Waals surface area contributed by atoms with E-state index in [1.54, 1.807) is 5.56 Å². The third-order valence-corrected chi connectivity index (χ3v) is 7.60. The summed E-state index contributed by atoms with van der Waals surface area (Å²) < 4.78 is 0. The molecule has 0 aromatic heterocycles. The first kappa shape index (κ1) is 15.0. The summed E-state index contributed by atoms with van der Waals surface area (Å²) in [5, 5.41) is 0.935. The van der Waals surface area contributed by atoms with Crippen molar-refractivity contribution in [3.63, 3.8) is 0 Å². The van der Waals surface area contributed by atoms with Crippen LogP contribution in [0.5, 0.6) is 0 Å². The van der Waals surface area contributed by atoms with E-state index in [2.05, 4.69) is 49.4 Å². The predicted molar refractivity (Wildman–Crippen MR) is 102 cm³/mol. The van der Waals surface area contributed by atoms with Crippen molar-refractivity contribution in [2.24, 2.45) is 17.8 Å². The summed E-state index contributed by atoms with van der Waals surface area (Å²) in [7, 11) is 0. The van der Waals surface area contributed by atoms with Crippen molar-refractivity contribution in [1.82, 2.24) is 0 Å². The Morgan fingerprint density at radius 3 is 2.71 bits per heavy atom. The lowest BCUT2D eigenvalue weighted by atomic mass is 9.50. The molecule has 0 nitrogen and oxygen atoms in total. The molecule has 2 aromatic carbocycles. The smallest absolute Gasteiger partial charge is 0.0487 e. The molecule has 1 heteroatoms. The minimum atomic E-state index is 0.211. The molecule has 2 fully saturated rings. The van der Waals surface area contributed by atoms with E-state index in [4.69, 9.17) is 11.6 Å². The highest BCUT2D eigenvalue weighted by atomic mass is 35.5. The fourth-order valence-corrected chi connectivity index (χ4v) is 6.83. The van der Waals surface area contributed by atoms with Crippen LogP contribution in [-0.2, 0) is 5.41 Å². The van der Waals surface area contributed by atoms with Gasteiger partial charge in [-0.25, -0.2) is 0 Å². The minimum Gasteiger partial charge on any atom is -0.0837 e. The zero-order chi connectivity index (χ0) is 16.3. The molecule has 0 amide bonds. The molecular weight excluding hydrogens is 312 g/mol. The fourth-order valence-electron chi connectivity index (χ4n) is 6.56. The maximum absolute atomic E-state index is 6.72. The van der Waals surface area contributed by atoms with Gasteiger partial charge in [0, 0.05) is 16.0 Å². The SMILES string of the molecule is CCC1CC2CCCC(C2)C12c1ccccc1-c1c(Cl)cccc12. The summed E-state index contributed by atoms with van der Waals surface area (Å²) in [5.74, 6) is 2.49. The number of hydrogen-bond acceptors (Lipinski definition) is 0. The standard InChI is InChI=1S/C23H25Cl/c1-2-16-13-15-7-5-8-17(14-15)23(16)19-10-4-3-9-18(19)22-20(23)11-6-12-21(22)24/h3-4,6,9-12,15-17H,2,5,7-8,13-14H2,1H3. The highest BCUT2D eigenvalue weighted by molar-refractivity contribution is 6.33. The predicted octanol–water partition coefficient (Wildman–Crippen LogP) is 6.84. The normalized spacial score (nSPS) is 33.3. The molecule has 24 heavy (non-hydrogen) atoms. The molecule has 0 radical (unpaired) electrons. The van der Waals surface area contributed by atoms with Gasteiger partial charge >= 0.3 is 0 Å². The lowest BCUT2D eigenvalue weighted by Crippen LogP contribution is -2.48. The monoisotopic (exact) mass is 336 g/mol. The van der Waals surface area contributed by atoms with Crippen LogP contribution in [-0.4, -0.2) is 0 Å². The number of halogens is 1. The third-order valence-electron chi connectivity index (χ3n) is 7.28. The molecule has 0 aliphatic heterocycles. The second-order valence-corrected chi connectivity index (χ2v) is 8.55. The van der Waals surface area contributed by atoms with E-state index in [1.165, 1.54) is 55.2 Å². The Labute approximate surface area is 150 Å². The summed E-state index contributed by atoms with van der Waals surface area (Å²) in [5.41, 5.74) is 6.05. The quantitative estimate of drug-likeness (QED) is 0.534. The molecule has 3 aliphatic carbocycles. The molecule has 2 saturated carbocycles. The first-order chi connectivity index (χ1) is 11.8. The van der Waals surface area contributed by atoms with Crippen molar-refractivity contribution in [2.75, 3.05) is 0 Å². The highest BCUT2D eigenvalue weighted by Gasteiger charge is 2.56. The van der Waals surface area contributed by atoms with Crippen molar-refractivity contribution in [3.05, 3.63) is 58.6 Å². The van der Waals surface area contributed by atoms with Gasteiger partial charge in [-0.15, -0.1) is 0 Å². The Hall–Kier alpha value is -1.27. The number of fused-ring (bicyclic) bond motifs is 8. The topological polar surface area (TPSA) is 0 Å². The van der Waals surface area contributed by atoms with Crippen LogP contribution in [0.25, 0.3) is 11.1 Å². The van der Waals surface area contributed by atoms with E-state index < -0.39 is 0 Å². The second-order valence-electron chi connectivity index (χ2n) is 8.15. The highest BCUT2D eigenvalue weighted by Crippen LogP contribution is 2.65. The first-order valence-electron chi connectivity index (χ1n) is 9.65. The molecule has 5 rings (SSSR count). The molecule has 0 heterocycles. The summed E-state index contributed by atoms with van der Waals surface area (Å²) in [6, 6.07) is 15.8. The van der Waals surface area contributed by atoms with Crippen LogP contribution in [0.2, 0.25) is 5.02 Å². The van der Waals surface area contributed by atoms with Crippen LogP contribution in [0.15, 0.2) is 42.5 Å². The van der Waals surface area contributed by atoms with E-state index in [9.17, 15) is 0 Å². The second kappa shape index (κ2) is 5.36. The van der Waals surface area contributed by atoms with Gasteiger partial charge < -0.3 is 0 Å². The van der Waals surface area contributed by atoms with Crippen LogP contribution in [0.4, 0.5) is 0 Å². The van der Waals surface area contributed by atoms with Crippen LogP contribution < -0.4 is 0 Å². The van der Waals surface area contributed by atoms with Crippen LogP contribution in [0.3, 0.4) is 0 Å². The van der Waals surface area contributed by atoms with Gasteiger partial charge in [-0.2, -0.15) is 0 Å². The van der Waals surface area contributed by atoms with Crippen molar-refractivity contribution >= 4 is 11.6 Å². The summed E-state index contributed by atoms with van der Waals surface area (Å²) in [4.78, 5) is 0.